The lowest BCUT2D eigenvalue weighted by atomic mass is 10.3. The average Bonchev–Trinajstić information content (AvgIpc) is 2.57. The molecule has 5 heteroatoms. The lowest BCUT2D eigenvalue weighted by molar-refractivity contribution is -0.114. The Hall–Kier alpha value is -1.81. The highest BCUT2D eigenvalue weighted by Gasteiger charge is 2.37. The van der Waals surface area contributed by atoms with Gasteiger partial charge in [-0.05, 0) is 36.8 Å². The number of nitrogens with zero attached hydrogens (tertiary/aromatic N) is 1. The van der Waals surface area contributed by atoms with Gasteiger partial charge in [-0.2, -0.15) is 0 Å². The van der Waals surface area contributed by atoms with Crippen molar-refractivity contribution in [1.29, 1.82) is 0 Å². The molecule has 4 nitrogen and oxygen atoms in total. The van der Waals surface area contributed by atoms with Crippen LogP contribution in [-0.4, -0.2) is 12.0 Å². The number of carbonyl (C=O) groups excluding carboxylic acids is 2. The summed E-state index contributed by atoms with van der Waals surface area (Å²) in [4.78, 5) is 24.4. The Bertz CT molecular complexity index is 493. The monoisotopic (exact) mass is 251 g/mol. The van der Waals surface area contributed by atoms with Crippen molar-refractivity contribution in [2.45, 2.75) is 13.3 Å². The second-order valence-corrected chi connectivity index (χ2v) is 3.90. The number of hydrogen-bond donors (Lipinski definition) is 0. The van der Waals surface area contributed by atoms with Gasteiger partial charge in [0, 0.05) is 5.02 Å². The minimum atomic E-state index is -0.683. The molecule has 88 valence electrons. The van der Waals surface area contributed by atoms with E-state index in [2.05, 4.69) is 0 Å². The Morgan fingerprint density at radius 3 is 2.53 bits per heavy atom. The van der Waals surface area contributed by atoms with Crippen molar-refractivity contribution in [3.8, 4) is 0 Å². The van der Waals surface area contributed by atoms with E-state index in [9.17, 15) is 9.59 Å². The van der Waals surface area contributed by atoms with Crippen LogP contribution in [0, 0.1) is 0 Å². The number of anilines is 1. The van der Waals surface area contributed by atoms with Crippen LogP contribution in [0.3, 0.4) is 0 Å². The summed E-state index contributed by atoms with van der Waals surface area (Å²) in [5.74, 6) is -0.369. The number of halogens is 1. The van der Waals surface area contributed by atoms with E-state index >= 15 is 0 Å². The zero-order chi connectivity index (χ0) is 12.4. The molecule has 1 aromatic carbocycles. The van der Waals surface area contributed by atoms with Crippen LogP contribution < -0.4 is 4.90 Å². The van der Waals surface area contributed by atoms with E-state index in [0.29, 0.717) is 17.1 Å². The van der Waals surface area contributed by atoms with Crippen LogP contribution >= 0.6 is 11.6 Å². The van der Waals surface area contributed by atoms with E-state index in [1.165, 1.54) is 0 Å². The van der Waals surface area contributed by atoms with E-state index in [0.717, 1.165) is 4.90 Å². The third-order valence-corrected chi connectivity index (χ3v) is 2.52. The zero-order valence-corrected chi connectivity index (χ0v) is 9.90. The number of imide groups is 1. The number of hydrogen-bond acceptors (Lipinski definition) is 3. The summed E-state index contributed by atoms with van der Waals surface area (Å²) in [5.41, 5.74) is 0.448. The fourth-order valence-corrected chi connectivity index (χ4v) is 1.63. The lowest BCUT2D eigenvalue weighted by Gasteiger charge is -2.09. The molecule has 1 aliphatic rings. The summed E-state index contributed by atoms with van der Waals surface area (Å²) < 4.78 is 4.88. The fraction of sp³-hybridized carbons (Fsp3) is 0.167. The molecule has 2 rings (SSSR count). The van der Waals surface area contributed by atoms with Gasteiger partial charge in [0.25, 0.3) is 0 Å². The Labute approximate surface area is 103 Å². The zero-order valence-electron chi connectivity index (χ0n) is 9.14. The summed E-state index contributed by atoms with van der Waals surface area (Å²) in [7, 11) is 0. The van der Waals surface area contributed by atoms with E-state index in [4.69, 9.17) is 16.3 Å². The van der Waals surface area contributed by atoms with E-state index in [-0.39, 0.29) is 5.76 Å². The first kappa shape index (κ1) is 11.7. The molecule has 2 amide bonds. The van der Waals surface area contributed by atoms with Crippen molar-refractivity contribution in [3.63, 3.8) is 0 Å². The molecule has 0 atom stereocenters. The predicted octanol–water partition coefficient (Wildman–Crippen LogP) is 3.12. The second-order valence-electron chi connectivity index (χ2n) is 3.46. The number of rotatable bonds is 2. The smallest absolute Gasteiger partial charge is 0.404 e. The summed E-state index contributed by atoms with van der Waals surface area (Å²) in [6, 6.07) is 6.41. The van der Waals surface area contributed by atoms with Gasteiger partial charge in [0.2, 0.25) is 0 Å². The number of cyclic esters (lactones) is 1. The summed E-state index contributed by atoms with van der Waals surface area (Å²) in [5, 5.41) is 0.540. The molecule has 17 heavy (non-hydrogen) atoms. The fourth-order valence-electron chi connectivity index (χ4n) is 1.50. The Morgan fingerprint density at radius 1 is 1.29 bits per heavy atom. The third kappa shape index (κ3) is 2.17. The summed E-state index contributed by atoms with van der Waals surface area (Å²) in [6.07, 6.45) is 1.52. The molecule has 0 saturated carbocycles. The van der Waals surface area contributed by atoms with Crippen molar-refractivity contribution >= 4 is 29.3 Å². The Kier molecular flexibility index (Phi) is 3.15. The van der Waals surface area contributed by atoms with E-state index in [1.807, 2.05) is 6.92 Å². The molecule has 0 spiro atoms. The molecule has 1 saturated heterocycles. The molecule has 1 aromatic rings. The number of ether oxygens (including phenoxy) is 1. The van der Waals surface area contributed by atoms with E-state index < -0.39 is 12.0 Å². The molecule has 1 heterocycles. The van der Waals surface area contributed by atoms with Crippen LogP contribution in [0.5, 0.6) is 0 Å². The van der Waals surface area contributed by atoms with Gasteiger partial charge in [-0.1, -0.05) is 18.5 Å². The van der Waals surface area contributed by atoms with Crippen LogP contribution in [0.2, 0.25) is 5.02 Å². The van der Waals surface area contributed by atoms with Gasteiger partial charge in [0.05, 0.1) is 5.69 Å². The van der Waals surface area contributed by atoms with Crippen LogP contribution in [0.15, 0.2) is 36.1 Å². The molecule has 0 aromatic heterocycles. The molecule has 0 unspecified atom stereocenters. The highest BCUT2D eigenvalue weighted by Crippen LogP contribution is 2.26. The molecule has 0 aliphatic carbocycles. The summed E-state index contributed by atoms with van der Waals surface area (Å²) in [6.45, 7) is 1.86. The maximum absolute atomic E-state index is 11.9. The largest absolute Gasteiger partial charge is 0.427 e. The van der Waals surface area contributed by atoms with Crippen LogP contribution in [0.4, 0.5) is 10.5 Å². The maximum atomic E-state index is 11.9. The second kappa shape index (κ2) is 4.59. The van der Waals surface area contributed by atoms with Gasteiger partial charge in [-0.25, -0.2) is 9.69 Å². The van der Waals surface area contributed by atoms with Gasteiger partial charge < -0.3 is 4.74 Å². The molecule has 1 fully saturated rings. The minimum absolute atomic E-state index is 0.0763. The first-order valence-electron chi connectivity index (χ1n) is 5.15. The molecular weight excluding hydrogens is 242 g/mol. The van der Waals surface area contributed by atoms with Gasteiger partial charge in [-0.15, -0.1) is 0 Å². The number of allylic oxidation sites excluding steroid dienone is 1. The number of carbonyl (C=O) groups is 2. The maximum Gasteiger partial charge on any atom is 0.427 e. The van der Waals surface area contributed by atoms with Crippen molar-refractivity contribution in [1.82, 2.24) is 0 Å². The van der Waals surface area contributed by atoms with E-state index in [1.54, 1.807) is 30.3 Å². The molecule has 0 radical (unpaired) electrons. The minimum Gasteiger partial charge on any atom is -0.404 e. The quantitative estimate of drug-likeness (QED) is 0.759. The first-order valence-corrected chi connectivity index (χ1v) is 5.53. The SMILES string of the molecule is CC/C=C1/OC(=O)N(c2ccc(Cl)cc2)C1=O. The van der Waals surface area contributed by atoms with Gasteiger partial charge in [0.1, 0.15) is 0 Å². The van der Waals surface area contributed by atoms with Crippen molar-refractivity contribution < 1.29 is 14.3 Å². The predicted molar refractivity (Wildman–Crippen MR) is 63.8 cm³/mol. The molecule has 0 bridgehead atoms. The first-order chi connectivity index (χ1) is 8.13. The molecular formula is C12H10ClNO3. The standard InChI is InChI=1S/C12H10ClNO3/c1-2-3-10-11(15)14(12(16)17-10)9-6-4-8(13)5-7-9/h3-7H,2H2,1H3/b10-3+. The van der Waals surface area contributed by atoms with Crippen molar-refractivity contribution in [3.05, 3.63) is 41.1 Å². The number of amides is 2. The van der Waals surface area contributed by atoms with Gasteiger partial charge >= 0.3 is 12.0 Å². The normalized spacial score (nSPS) is 17.8. The van der Waals surface area contributed by atoms with Crippen molar-refractivity contribution in [2.24, 2.45) is 0 Å². The Balaban J connectivity index is 2.34. The Morgan fingerprint density at radius 2 is 1.94 bits per heavy atom. The van der Waals surface area contributed by atoms with Gasteiger partial charge in [-0.3, -0.25) is 4.79 Å². The van der Waals surface area contributed by atoms with Gasteiger partial charge in [0.15, 0.2) is 5.76 Å². The summed E-state index contributed by atoms with van der Waals surface area (Å²) >= 11 is 5.74. The average molecular weight is 252 g/mol. The third-order valence-electron chi connectivity index (χ3n) is 2.27. The molecule has 1 aliphatic heterocycles. The van der Waals surface area contributed by atoms with Crippen molar-refractivity contribution in [2.75, 3.05) is 4.90 Å². The highest BCUT2D eigenvalue weighted by molar-refractivity contribution is 6.30. The number of benzene rings is 1. The van der Waals surface area contributed by atoms with Crippen LogP contribution in [0.25, 0.3) is 0 Å². The highest BCUT2D eigenvalue weighted by atomic mass is 35.5. The lowest BCUT2D eigenvalue weighted by Crippen LogP contribution is -2.28. The molecule has 0 N–H and O–H groups in total. The van der Waals surface area contributed by atoms with Crippen LogP contribution in [0.1, 0.15) is 13.3 Å². The topological polar surface area (TPSA) is 46.6 Å². The van der Waals surface area contributed by atoms with Crippen LogP contribution in [-0.2, 0) is 9.53 Å².